The molecule has 0 saturated carbocycles. The lowest BCUT2D eigenvalue weighted by molar-refractivity contribution is -0.135. The zero-order valence-electron chi connectivity index (χ0n) is 17.7. The molecular weight excluding hydrogens is 402 g/mol. The van der Waals surface area contributed by atoms with Crippen LogP contribution in [-0.2, 0) is 9.53 Å². The number of nitrogens with one attached hydrogen (secondary N) is 1. The molecule has 0 aliphatic carbocycles. The Morgan fingerprint density at radius 2 is 1.81 bits per heavy atom. The molecule has 0 unspecified atom stereocenters. The van der Waals surface area contributed by atoms with Crippen LogP contribution in [0.4, 0.5) is 10.5 Å². The Balaban J connectivity index is 1.44. The highest BCUT2D eigenvalue weighted by Crippen LogP contribution is 2.18. The SMILES string of the molecule is CC(C)COC(=O)N1CCN(C(=O)COc2cccc(NC(=O)c3ccco3)c2)CC1. The molecule has 3 rings (SSSR count). The number of hydrogen-bond donors (Lipinski definition) is 1. The molecule has 0 radical (unpaired) electrons. The highest BCUT2D eigenvalue weighted by Gasteiger charge is 2.25. The highest BCUT2D eigenvalue weighted by atomic mass is 16.6. The highest BCUT2D eigenvalue weighted by molar-refractivity contribution is 6.02. The average Bonchev–Trinajstić information content (AvgIpc) is 3.31. The van der Waals surface area contributed by atoms with E-state index in [9.17, 15) is 14.4 Å². The van der Waals surface area contributed by atoms with Gasteiger partial charge in [0.1, 0.15) is 5.75 Å². The Hall–Kier alpha value is -3.49. The van der Waals surface area contributed by atoms with Crippen LogP contribution in [0.5, 0.6) is 5.75 Å². The molecule has 9 heteroatoms. The van der Waals surface area contributed by atoms with E-state index in [1.54, 1.807) is 46.2 Å². The molecule has 2 aromatic rings. The lowest BCUT2D eigenvalue weighted by Gasteiger charge is -2.34. The summed E-state index contributed by atoms with van der Waals surface area (Å²) in [6.45, 7) is 5.92. The Bertz CT molecular complexity index is 888. The van der Waals surface area contributed by atoms with Gasteiger partial charge in [-0.1, -0.05) is 19.9 Å². The maximum absolute atomic E-state index is 12.5. The Kier molecular flexibility index (Phi) is 7.53. The summed E-state index contributed by atoms with van der Waals surface area (Å²) in [5.41, 5.74) is 0.528. The number of rotatable bonds is 7. The minimum Gasteiger partial charge on any atom is -0.484 e. The molecule has 1 aliphatic rings. The fourth-order valence-corrected chi connectivity index (χ4v) is 2.97. The van der Waals surface area contributed by atoms with Crippen LogP contribution in [0, 0.1) is 5.92 Å². The summed E-state index contributed by atoms with van der Waals surface area (Å²) in [5, 5.41) is 2.71. The maximum atomic E-state index is 12.5. The van der Waals surface area contributed by atoms with Crippen LogP contribution >= 0.6 is 0 Å². The van der Waals surface area contributed by atoms with Crippen molar-refractivity contribution in [2.45, 2.75) is 13.8 Å². The van der Waals surface area contributed by atoms with Crippen molar-refractivity contribution in [3.63, 3.8) is 0 Å². The van der Waals surface area contributed by atoms with Crippen molar-refractivity contribution in [1.82, 2.24) is 9.80 Å². The molecule has 0 atom stereocenters. The summed E-state index contributed by atoms with van der Waals surface area (Å²) in [6.07, 6.45) is 1.08. The Morgan fingerprint density at radius 1 is 1.06 bits per heavy atom. The monoisotopic (exact) mass is 429 g/mol. The minimum absolute atomic E-state index is 0.132. The number of hydrogen-bond acceptors (Lipinski definition) is 6. The van der Waals surface area contributed by atoms with Crippen LogP contribution in [0.1, 0.15) is 24.4 Å². The second-order valence-corrected chi connectivity index (χ2v) is 7.59. The summed E-state index contributed by atoms with van der Waals surface area (Å²) >= 11 is 0. The molecule has 2 heterocycles. The summed E-state index contributed by atoms with van der Waals surface area (Å²) in [6, 6.07) is 9.98. The lowest BCUT2D eigenvalue weighted by Crippen LogP contribution is -2.51. The molecule has 1 aromatic carbocycles. The van der Waals surface area contributed by atoms with Crippen molar-refractivity contribution in [3.8, 4) is 5.75 Å². The number of benzene rings is 1. The number of carbonyl (C=O) groups is 3. The molecule has 9 nitrogen and oxygen atoms in total. The Labute approximate surface area is 180 Å². The van der Waals surface area contributed by atoms with E-state index in [0.29, 0.717) is 44.2 Å². The number of nitrogens with zero attached hydrogens (tertiary/aromatic N) is 2. The van der Waals surface area contributed by atoms with E-state index in [4.69, 9.17) is 13.9 Å². The van der Waals surface area contributed by atoms with Crippen molar-refractivity contribution < 1.29 is 28.3 Å². The fourth-order valence-electron chi connectivity index (χ4n) is 2.97. The molecule has 1 fully saturated rings. The van der Waals surface area contributed by atoms with E-state index in [2.05, 4.69) is 5.32 Å². The minimum atomic E-state index is -0.372. The van der Waals surface area contributed by atoms with Crippen LogP contribution in [0.2, 0.25) is 0 Å². The van der Waals surface area contributed by atoms with E-state index >= 15 is 0 Å². The first-order chi connectivity index (χ1) is 14.9. The fraction of sp³-hybridized carbons (Fsp3) is 0.409. The summed E-state index contributed by atoms with van der Waals surface area (Å²) < 4.78 is 15.9. The zero-order chi connectivity index (χ0) is 22.2. The molecule has 1 saturated heterocycles. The molecule has 166 valence electrons. The van der Waals surface area contributed by atoms with Crippen LogP contribution in [0.25, 0.3) is 0 Å². The summed E-state index contributed by atoms with van der Waals surface area (Å²) in [7, 11) is 0. The van der Waals surface area contributed by atoms with E-state index in [-0.39, 0.29) is 36.2 Å². The van der Waals surface area contributed by atoms with Gasteiger partial charge in [0.05, 0.1) is 12.9 Å². The first-order valence-corrected chi connectivity index (χ1v) is 10.2. The number of piperazine rings is 1. The Morgan fingerprint density at radius 3 is 2.48 bits per heavy atom. The molecule has 1 aliphatic heterocycles. The van der Waals surface area contributed by atoms with Crippen molar-refractivity contribution in [2.24, 2.45) is 5.92 Å². The van der Waals surface area contributed by atoms with Crippen LogP contribution < -0.4 is 10.1 Å². The van der Waals surface area contributed by atoms with E-state index in [1.165, 1.54) is 6.26 Å². The molecule has 0 bridgehead atoms. The molecule has 3 amide bonds. The number of amides is 3. The van der Waals surface area contributed by atoms with Gasteiger partial charge in [0, 0.05) is 37.9 Å². The predicted octanol–water partition coefficient (Wildman–Crippen LogP) is 2.85. The number of anilines is 1. The largest absolute Gasteiger partial charge is 0.484 e. The van der Waals surface area contributed by atoms with Crippen molar-refractivity contribution >= 4 is 23.6 Å². The standard InChI is InChI=1S/C22H27N3O6/c1-16(2)14-31-22(28)25-10-8-24(9-11-25)20(26)15-30-18-6-3-5-17(13-18)23-21(27)19-7-4-12-29-19/h3-7,12-13,16H,8-11,14-15H2,1-2H3,(H,23,27). The van der Waals surface area contributed by atoms with Crippen molar-refractivity contribution in [2.75, 3.05) is 44.7 Å². The lowest BCUT2D eigenvalue weighted by atomic mass is 10.2. The number of ether oxygens (including phenoxy) is 2. The van der Waals surface area contributed by atoms with Crippen LogP contribution in [0.15, 0.2) is 47.1 Å². The number of carbonyl (C=O) groups excluding carboxylic acids is 3. The second kappa shape index (κ2) is 10.5. The van der Waals surface area contributed by atoms with Gasteiger partial charge in [0.25, 0.3) is 11.8 Å². The molecular formula is C22H27N3O6. The second-order valence-electron chi connectivity index (χ2n) is 7.59. The quantitative estimate of drug-likeness (QED) is 0.726. The van der Waals surface area contributed by atoms with Crippen molar-refractivity contribution in [3.05, 3.63) is 48.4 Å². The molecule has 1 aromatic heterocycles. The molecule has 1 N–H and O–H groups in total. The molecule has 31 heavy (non-hydrogen) atoms. The van der Waals surface area contributed by atoms with Gasteiger partial charge in [-0.2, -0.15) is 0 Å². The summed E-state index contributed by atoms with van der Waals surface area (Å²) in [4.78, 5) is 39.8. The first kappa shape index (κ1) is 22.2. The van der Waals surface area contributed by atoms with Gasteiger partial charge < -0.3 is 29.0 Å². The van der Waals surface area contributed by atoms with E-state index in [0.717, 1.165) is 0 Å². The van der Waals surface area contributed by atoms with Crippen molar-refractivity contribution in [1.29, 1.82) is 0 Å². The topological polar surface area (TPSA) is 101 Å². The maximum Gasteiger partial charge on any atom is 0.409 e. The van der Waals surface area contributed by atoms with Gasteiger partial charge in [0.15, 0.2) is 12.4 Å². The predicted molar refractivity (Wildman–Crippen MR) is 113 cm³/mol. The van der Waals surface area contributed by atoms with E-state index < -0.39 is 0 Å². The zero-order valence-corrected chi connectivity index (χ0v) is 17.7. The number of furan rings is 1. The van der Waals surface area contributed by atoms with Gasteiger partial charge in [-0.05, 0) is 30.2 Å². The smallest absolute Gasteiger partial charge is 0.409 e. The van der Waals surface area contributed by atoms with E-state index in [1.807, 2.05) is 13.8 Å². The van der Waals surface area contributed by atoms with Gasteiger partial charge in [-0.15, -0.1) is 0 Å². The third-order valence-electron chi connectivity index (χ3n) is 4.63. The van der Waals surface area contributed by atoms with Crippen LogP contribution in [-0.4, -0.2) is 67.1 Å². The third-order valence-corrected chi connectivity index (χ3v) is 4.63. The van der Waals surface area contributed by atoms with Gasteiger partial charge >= 0.3 is 6.09 Å². The third kappa shape index (κ3) is 6.50. The first-order valence-electron chi connectivity index (χ1n) is 10.2. The average molecular weight is 429 g/mol. The van der Waals surface area contributed by atoms with Crippen LogP contribution in [0.3, 0.4) is 0 Å². The normalized spacial score (nSPS) is 13.8. The molecule has 0 spiro atoms. The van der Waals surface area contributed by atoms with Gasteiger partial charge in [0.2, 0.25) is 0 Å². The summed E-state index contributed by atoms with van der Waals surface area (Å²) in [5.74, 6) is 0.402. The van der Waals surface area contributed by atoms with Gasteiger partial charge in [-0.3, -0.25) is 9.59 Å². The van der Waals surface area contributed by atoms with Gasteiger partial charge in [-0.25, -0.2) is 4.79 Å².